The minimum atomic E-state index is 0.380. The van der Waals surface area contributed by atoms with Crippen molar-refractivity contribution in [3.63, 3.8) is 0 Å². The summed E-state index contributed by atoms with van der Waals surface area (Å²) in [5, 5.41) is 9.21. The summed E-state index contributed by atoms with van der Waals surface area (Å²) in [6.45, 7) is 3.82. The lowest BCUT2D eigenvalue weighted by Crippen LogP contribution is -2.01. The number of pyridine rings is 2. The highest BCUT2D eigenvalue weighted by Crippen LogP contribution is 2.31. The van der Waals surface area contributed by atoms with Crippen molar-refractivity contribution in [1.82, 2.24) is 9.97 Å². The van der Waals surface area contributed by atoms with Gasteiger partial charge in [0.05, 0.1) is 7.11 Å². The first-order valence-corrected chi connectivity index (χ1v) is 5.54. The Morgan fingerprint density at radius 2 is 1.89 bits per heavy atom. The highest BCUT2D eigenvalue weighted by Gasteiger charge is 2.16. The van der Waals surface area contributed by atoms with Crippen LogP contribution in [0.2, 0.25) is 0 Å². The number of ether oxygens (including phenoxy) is 1. The molecule has 2 rings (SSSR count). The Balaban J connectivity index is 2.74. The molecule has 0 N–H and O–H groups in total. The average Bonchev–Trinajstić information content (AvgIpc) is 2.39. The summed E-state index contributed by atoms with van der Waals surface area (Å²) in [5.41, 5.74) is 4.18. The number of aromatic nitrogens is 2. The summed E-state index contributed by atoms with van der Waals surface area (Å²) in [7, 11) is 1.52. The molecule has 0 saturated heterocycles. The highest BCUT2D eigenvalue weighted by atomic mass is 16.5. The third-order valence-electron chi connectivity index (χ3n) is 2.87. The predicted octanol–water partition coefficient (Wildman–Crippen LogP) is 2.64. The molecule has 0 saturated carbocycles. The molecule has 0 aliphatic heterocycles. The van der Waals surface area contributed by atoms with Crippen LogP contribution in [0.3, 0.4) is 0 Å². The van der Waals surface area contributed by atoms with E-state index in [-0.39, 0.29) is 0 Å². The molecule has 0 radical (unpaired) electrons. The number of nitrogens with zero attached hydrogens (tertiary/aromatic N) is 3. The van der Waals surface area contributed by atoms with Crippen LogP contribution >= 0.6 is 0 Å². The number of nitriles is 1. The third-order valence-corrected chi connectivity index (χ3v) is 2.87. The molecule has 0 bridgehead atoms. The van der Waals surface area contributed by atoms with E-state index in [0.29, 0.717) is 11.4 Å². The smallest absolute Gasteiger partial charge is 0.231 e. The van der Waals surface area contributed by atoms with Crippen molar-refractivity contribution in [3.05, 3.63) is 41.3 Å². The van der Waals surface area contributed by atoms with Crippen LogP contribution in [-0.4, -0.2) is 17.1 Å². The van der Waals surface area contributed by atoms with Crippen LogP contribution in [0.5, 0.6) is 5.88 Å². The van der Waals surface area contributed by atoms with Crippen LogP contribution < -0.4 is 4.74 Å². The second kappa shape index (κ2) is 4.84. The molecule has 18 heavy (non-hydrogen) atoms. The summed E-state index contributed by atoms with van der Waals surface area (Å²) in [4.78, 5) is 8.33. The molecule has 90 valence electrons. The first-order chi connectivity index (χ1) is 8.69. The first-order valence-electron chi connectivity index (χ1n) is 5.54. The van der Waals surface area contributed by atoms with E-state index in [2.05, 4.69) is 16.0 Å². The zero-order valence-electron chi connectivity index (χ0n) is 10.6. The van der Waals surface area contributed by atoms with Gasteiger partial charge < -0.3 is 4.74 Å². The van der Waals surface area contributed by atoms with Gasteiger partial charge in [0.1, 0.15) is 11.6 Å². The molecule has 4 heteroatoms. The lowest BCUT2D eigenvalue weighted by molar-refractivity contribution is 0.395. The average molecular weight is 239 g/mol. The summed E-state index contributed by atoms with van der Waals surface area (Å²) >= 11 is 0. The molecular weight excluding hydrogens is 226 g/mol. The minimum Gasteiger partial charge on any atom is -0.480 e. The standard InChI is InChI=1S/C14H13N3O/c1-9-12(8-15)14(18-3)17-10(2)13(9)11-4-6-16-7-5-11/h4-7H,1-3H3. The number of methoxy groups -OCH3 is 1. The molecule has 2 heterocycles. The third kappa shape index (κ3) is 1.91. The van der Waals surface area contributed by atoms with Crippen LogP contribution in [0.4, 0.5) is 0 Å². The number of aryl methyl sites for hydroxylation is 1. The zero-order chi connectivity index (χ0) is 13.1. The predicted molar refractivity (Wildman–Crippen MR) is 68.2 cm³/mol. The molecule has 2 aromatic heterocycles. The molecule has 0 atom stereocenters. The maximum Gasteiger partial charge on any atom is 0.231 e. The normalized spacial score (nSPS) is 9.89. The van der Waals surface area contributed by atoms with E-state index in [1.165, 1.54) is 7.11 Å². The fourth-order valence-corrected chi connectivity index (χ4v) is 2.04. The zero-order valence-corrected chi connectivity index (χ0v) is 10.6. The van der Waals surface area contributed by atoms with Crippen molar-refractivity contribution in [2.75, 3.05) is 7.11 Å². The van der Waals surface area contributed by atoms with Gasteiger partial charge in [-0.3, -0.25) is 4.98 Å². The van der Waals surface area contributed by atoms with Crippen molar-refractivity contribution in [2.24, 2.45) is 0 Å². The fourth-order valence-electron chi connectivity index (χ4n) is 2.04. The quantitative estimate of drug-likeness (QED) is 0.808. The molecule has 0 fully saturated rings. The number of hydrogen-bond donors (Lipinski definition) is 0. The van der Waals surface area contributed by atoms with Crippen molar-refractivity contribution in [3.8, 4) is 23.1 Å². The Hall–Kier alpha value is -2.41. The van der Waals surface area contributed by atoms with Gasteiger partial charge in [-0.15, -0.1) is 0 Å². The molecule has 0 spiro atoms. The van der Waals surface area contributed by atoms with Gasteiger partial charge in [0.2, 0.25) is 5.88 Å². The molecular formula is C14H13N3O. The molecule has 2 aromatic rings. The Kier molecular flexibility index (Phi) is 3.24. The van der Waals surface area contributed by atoms with E-state index in [1.807, 2.05) is 26.0 Å². The van der Waals surface area contributed by atoms with Gasteiger partial charge in [0, 0.05) is 23.7 Å². The lowest BCUT2D eigenvalue weighted by atomic mass is 9.97. The highest BCUT2D eigenvalue weighted by molar-refractivity contribution is 5.72. The van der Waals surface area contributed by atoms with Gasteiger partial charge in [-0.05, 0) is 37.1 Å². The van der Waals surface area contributed by atoms with Crippen LogP contribution in [-0.2, 0) is 0 Å². The van der Waals surface area contributed by atoms with Gasteiger partial charge in [-0.1, -0.05) is 0 Å². The van der Waals surface area contributed by atoms with E-state index in [1.54, 1.807) is 12.4 Å². The molecule has 0 aliphatic carbocycles. The largest absolute Gasteiger partial charge is 0.480 e. The lowest BCUT2D eigenvalue weighted by Gasteiger charge is -2.13. The van der Waals surface area contributed by atoms with Gasteiger partial charge >= 0.3 is 0 Å². The Morgan fingerprint density at radius 1 is 1.22 bits per heavy atom. The van der Waals surface area contributed by atoms with Crippen LogP contribution in [0.1, 0.15) is 16.8 Å². The summed E-state index contributed by atoms with van der Waals surface area (Å²) in [6.07, 6.45) is 3.45. The summed E-state index contributed by atoms with van der Waals surface area (Å²) < 4.78 is 5.14. The minimum absolute atomic E-state index is 0.380. The monoisotopic (exact) mass is 239 g/mol. The van der Waals surface area contributed by atoms with Crippen LogP contribution in [0, 0.1) is 25.2 Å². The SMILES string of the molecule is COc1nc(C)c(-c2ccncc2)c(C)c1C#N. The first kappa shape index (κ1) is 12.1. The van der Waals surface area contributed by atoms with Crippen molar-refractivity contribution in [1.29, 1.82) is 5.26 Å². The van der Waals surface area contributed by atoms with Crippen molar-refractivity contribution in [2.45, 2.75) is 13.8 Å². The van der Waals surface area contributed by atoms with Gasteiger partial charge in [0.15, 0.2) is 0 Å². The Morgan fingerprint density at radius 3 is 2.44 bits per heavy atom. The van der Waals surface area contributed by atoms with Crippen LogP contribution in [0.25, 0.3) is 11.1 Å². The maximum absolute atomic E-state index is 9.21. The van der Waals surface area contributed by atoms with Gasteiger partial charge in [-0.25, -0.2) is 4.98 Å². The Bertz CT molecular complexity index is 615. The van der Waals surface area contributed by atoms with E-state index < -0.39 is 0 Å². The van der Waals surface area contributed by atoms with E-state index in [4.69, 9.17) is 4.74 Å². The molecule has 0 amide bonds. The molecule has 0 aliphatic rings. The molecule has 0 aromatic carbocycles. The fraction of sp³-hybridized carbons (Fsp3) is 0.214. The topological polar surface area (TPSA) is 58.8 Å². The van der Waals surface area contributed by atoms with E-state index in [0.717, 1.165) is 22.4 Å². The molecule has 0 unspecified atom stereocenters. The summed E-state index contributed by atoms with van der Waals surface area (Å²) in [5.74, 6) is 0.380. The van der Waals surface area contributed by atoms with Crippen molar-refractivity contribution >= 4 is 0 Å². The van der Waals surface area contributed by atoms with Gasteiger partial charge in [-0.2, -0.15) is 5.26 Å². The van der Waals surface area contributed by atoms with Gasteiger partial charge in [0.25, 0.3) is 0 Å². The van der Waals surface area contributed by atoms with E-state index in [9.17, 15) is 5.26 Å². The second-order valence-corrected chi connectivity index (χ2v) is 3.93. The number of hydrogen-bond acceptors (Lipinski definition) is 4. The maximum atomic E-state index is 9.21. The van der Waals surface area contributed by atoms with E-state index >= 15 is 0 Å². The molecule has 4 nitrogen and oxygen atoms in total. The Labute approximate surface area is 106 Å². The van der Waals surface area contributed by atoms with Crippen molar-refractivity contribution < 1.29 is 4.74 Å². The second-order valence-electron chi connectivity index (χ2n) is 3.93. The summed E-state index contributed by atoms with van der Waals surface area (Å²) in [6, 6.07) is 5.96. The van der Waals surface area contributed by atoms with Crippen LogP contribution in [0.15, 0.2) is 24.5 Å². The number of rotatable bonds is 2.